The molecule has 1 aliphatic heterocycles. The Morgan fingerprint density at radius 1 is 0.931 bits per heavy atom. The van der Waals surface area contributed by atoms with Gasteiger partial charge in [0.2, 0.25) is 0 Å². The van der Waals surface area contributed by atoms with E-state index in [2.05, 4.69) is 89.3 Å². The maximum absolute atomic E-state index is 5.53. The number of aromatic amines is 1. The lowest BCUT2D eigenvalue weighted by Crippen LogP contribution is -2.29. The summed E-state index contributed by atoms with van der Waals surface area (Å²) >= 11 is 0. The highest BCUT2D eigenvalue weighted by molar-refractivity contribution is 5.84. The quantitative estimate of drug-likeness (QED) is 0.436. The predicted octanol–water partition coefficient (Wildman–Crippen LogP) is 6.13. The van der Waals surface area contributed by atoms with E-state index in [9.17, 15) is 0 Å². The standard InChI is InChI=1S/C26H26N2O/c1-29-20-13-14-26-23(16-20)22(24-17-27-25-10-6-5-9-21(24)25)15-19(28-26)12-11-18-7-3-2-4-8-18/h2-10,13-14,16-17,19,22,27-28H,11-12,15H2,1H3/t19-,22+/m1/s1. The number of benzene rings is 3. The molecule has 2 N–H and O–H groups in total. The Morgan fingerprint density at radius 3 is 2.62 bits per heavy atom. The van der Waals surface area contributed by atoms with Crippen molar-refractivity contribution in [3.8, 4) is 5.75 Å². The van der Waals surface area contributed by atoms with Crippen LogP contribution in [0.3, 0.4) is 0 Å². The number of hydrogen-bond acceptors (Lipinski definition) is 2. The van der Waals surface area contributed by atoms with Gasteiger partial charge in [-0.25, -0.2) is 0 Å². The first-order chi connectivity index (χ1) is 14.3. The van der Waals surface area contributed by atoms with Crippen molar-refractivity contribution in [3.05, 3.63) is 95.7 Å². The van der Waals surface area contributed by atoms with Gasteiger partial charge in [0.15, 0.2) is 0 Å². The van der Waals surface area contributed by atoms with E-state index in [1.54, 1.807) is 7.11 Å². The van der Waals surface area contributed by atoms with Gasteiger partial charge >= 0.3 is 0 Å². The van der Waals surface area contributed by atoms with Gasteiger partial charge in [-0.2, -0.15) is 0 Å². The maximum Gasteiger partial charge on any atom is 0.119 e. The molecule has 0 bridgehead atoms. The molecule has 0 fully saturated rings. The third kappa shape index (κ3) is 3.49. The van der Waals surface area contributed by atoms with Gasteiger partial charge in [0.05, 0.1) is 7.11 Å². The number of ether oxygens (including phenoxy) is 1. The van der Waals surface area contributed by atoms with Gasteiger partial charge in [0.1, 0.15) is 5.75 Å². The number of aromatic nitrogens is 1. The summed E-state index contributed by atoms with van der Waals surface area (Å²) in [7, 11) is 1.74. The Hall–Kier alpha value is -3.20. The molecule has 0 radical (unpaired) electrons. The Kier molecular flexibility index (Phi) is 4.73. The summed E-state index contributed by atoms with van der Waals surface area (Å²) in [5.74, 6) is 1.26. The first-order valence-corrected chi connectivity index (χ1v) is 10.4. The fraction of sp³-hybridized carbons (Fsp3) is 0.231. The van der Waals surface area contributed by atoms with Crippen LogP contribution in [0, 0.1) is 0 Å². The first-order valence-electron chi connectivity index (χ1n) is 10.4. The molecule has 0 unspecified atom stereocenters. The van der Waals surface area contributed by atoms with Crippen molar-refractivity contribution in [2.75, 3.05) is 12.4 Å². The third-order valence-electron chi connectivity index (χ3n) is 6.13. The minimum Gasteiger partial charge on any atom is -0.497 e. The summed E-state index contributed by atoms with van der Waals surface area (Å²) in [6.07, 6.45) is 5.48. The monoisotopic (exact) mass is 382 g/mol. The number of rotatable bonds is 5. The topological polar surface area (TPSA) is 37.0 Å². The second-order valence-corrected chi connectivity index (χ2v) is 7.90. The Bertz CT molecular complexity index is 1120. The van der Waals surface area contributed by atoms with Crippen LogP contribution in [0.5, 0.6) is 5.75 Å². The van der Waals surface area contributed by atoms with Gasteiger partial charge in [-0.05, 0) is 60.2 Å². The van der Waals surface area contributed by atoms with Gasteiger partial charge in [0, 0.05) is 34.7 Å². The maximum atomic E-state index is 5.53. The van der Waals surface area contributed by atoms with Gasteiger partial charge in [-0.1, -0.05) is 48.5 Å². The zero-order valence-electron chi connectivity index (χ0n) is 16.7. The van der Waals surface area contributed by atoms with Crippen molar-refractivity contribution in [1.82, 2.24) is 4.98 Å². The molecule has 3 nitrogen and oxygen atoms in total. The van der Waals surface area contributed by atoms with Gasteiger partial charge in [-0.3, -0.25) is 0 Å². The molecule has 3 heteroatoms. The van der Waals surface area contributed by atoms with Crippen LogP contribution < -0.4 is 10.1 Å². The number of hydrogen-bond donors (Lipinski definition) is 2. The van der Waals surface area contributed by atoms with E-state index in [0.29, 0.717) is 12.0 Å². The zero-order valence-corrected chi connectivity index (χ0v) is 16.7. The summed E-state index contributed by atoms with van der Waals surface area (Å²) in [6.45, 7) is 0. The number of methoxy groups -OCH3 is 1. The molecule has 3 aromatic carbocycles. The highest BCUT2D eigenvalue weighted by Gasteiger charge is 2.29. The number of nitrogens with one attached hydrogen (secondary N) is 2. The largest absolute Gasteiger partial charge is 0.497 e. The summed E-state index contributed by atoms with van der Waals surface area (Å²) in [4.78, 5) is 3.47. The van der Waals surface area contributed by atoms with Crippen molar-refractivity contribution >= 4 is 16.6 Å². The second-order valence-electron chi connectivity index (χ2n) is 7.90. The van der Waals surface area contributed by atoms with Crippen molar-refractivity contribution in [2.45, 2.75) is 31.2 Å². The van der Waals surface area contributed by atoms with E-state index in [4.69, 9.17) is 4.74 Å². The molecular formula is C26H26N2O. The summed E-state index contributed by atoms with van der Waals surface area (Å²) in [5.41, 5.74) is 6.53. The fourth-order valence-corrected chi connectivity index (χ4v) is 4.63. The van der Waals surface area contributed by atoms with Crippen LogP contribution in [0.1, 0.15) is 35.4 Å². The van der Waals surface area contributed by atoms with E-state index in [1.807, 2.05) is 0 Å². The van der Waals surface area contributed by atoms with Crippen LogP contribution >= 0.6 is 0 Å². The van der Waals surface area contributed by atoms with Crippen LogP contribution in [0.4, 0.5) is 5.69 Å². The zero-order chi connectivity index (χ0) is 19.6. The highest BCUT2D eigenvalue weighted by Crippen LogP contribution is 2.43. The SMILES string of the molecule is COc1ccc2c(c1)[C@@H](c1c[nH]c3ccccc13)C[C@@H](CCc1ccccc1)N2. The van der Waals surface area contributed by atoms with E-state index < -0.39 is 0 Å². The van der Waals surface area contributed by atoms with Gasteiger partial charge in [-0.15, -0.1) is 0 Å². The molecule has 0 aliphatic carbocycles. The van der Waals surface area contributed by atoms with Gasteiger partial charge in [0.25, 0.3) is 0 Å². The molecule has 1 aliphatic rings. The molecule has 2 atom stereocenters. The normalized spacial score (nSPS) is 18.2. The van der Waals surface area contributed by atoms with E-state index in [-0.39, 0.29) is 0 Å². The van der Waals surface area contributed by atoms with Crippen LogP contribution in [-0.4, -0.2) is 18.1 Å². The molecule has 29 heavy (non-hydrogen) atoms. The number of aryl methyl sites for hydroxylation is 1. The van der Waals surface area contributed by atoms with E-state index in [0.717, 1.165) is 25.0 Å². The molecule has 146 valence electrons. The number of H-pyrrole nitrogens is 1. The molecule has 5 rings (SSSR count). The lowest BCUT2D eigenvalue weighted by atomic mass is 9.80. The van der Waals surface area contributed by atoms with E-state index in [1.165, 1.54) is 33.3 Å². The molecule has 0 saturated carbocycles. The van der Waals surface area contributed by atoms with Crippen molar-refractivity contribution in [2.24, 2.45) is 0 Å². The summed E-state index contributed by atoms with van der Waals surface area (Å²) in [6, 6.07) is 26.2. The molecule has 4 aromatic rings. The van der Waals surface area contributed by atoms with Crippen molar-refractivity contribution < 1.29 is 4.74 Å². The molecule has 0 spiro atoms. The minimum absolute atomic E-state index is 0.346. The predicted molar refractivity (Wildman–Crippen MR) is 120 cm³/mol. The Labute approximate surface area is 171 Å². The summed E-state index contributed by atoms with van der Waals surface area (Å²) < 4.78 is 5.53. The van der Waals surface area contributed by atoms with E-state index >= 15 is 0 Å². The van der Waals surface area contributed by atoms with Gasteiger partial charge < -0.3 is 15.0 Å². The summed E-state index contributed by atoms with van der Waals surface area (Å²) in [5, 5.41) is 5.11. The molecule has 2 heterocycles. The molecular weight excluding hydrogens is 356 g/mol. The second kappa shape index (κ2) is 7.67. The average molecular weight is 383 g/mol. The number of para-hydroxylation sites is 1. The fourth-order valence-electron chi connectivity index (χ4n) is 4.63. The lowest BCUT2D eigenvalue weighted by Gasteiger charge is -2.34. The Morgan fingerprint density at radius 2 is 1.76 bits per heavy atom. The minimum atomic E-state index is 0.346. The smallest absolute Gasteiger partial charge is 0.119 e. The third-order valence-corrected chi connectivity index (χ3v) is 6.13. The van der Waals surface area contributed by atoms with Crippen LogP contribution in [0.2, 0.25) is 0 Å². The van der Waals surface area contributed by atoms with Crippen LogP contribution in [-0.2, 0) is 6.42 Å². The van der Waals surface area contributed by atoms with Crippen LogP contribution in [0.15, 0.2) is 79.0 Å². The first kappa shape index (κ1) is 17.9. The Balaban J connectivity index is 1.50. The van der Waals surface area contributed by atoms with Crippen molar-refractivity contribution in [3.63, 3.8) is 0 Å². The van der Waals surface area contributed by atoms with Crippen molar-refractivity contribution in [1.29, 1.82) is 0 Å². The molecule has 0 saturated heterocycles. The highest BCUT2D eigenvalue weighted by atomic mass is 16.5. The lowest BCUT2D eigenvalue weighted by molar-refractivity contribution is 0.413. The number of fused-ring (bicyclic) bond motifs is 2. The number of anilines is 1. The average Bonchev–Trinajstić information content (AvgIpc) is 3.21. The van der Waals surface area contributed by atoms with Crippen LogP contribution in [0.25, 0.3) is 10.9 Å². The molecule has 0 amide bonds. The molecule has 1 aromatic heterocycles.